The molecule has 2 N–H and O–H groups in total. The monoisotopic (exact) mass is 320 g/mol. The molecule has 0 aliphatic rings. The van der Waals surface area contributed by atoms with Crippen LogP contribution in [0, 0.1) is 0 Å². The number of aromatic hydroxyl groups is 1. The molecule has 0 bridgehead atoms. The molecule has 0 atom stereocenters. The second-order valence-electron chi connectivity index (χ2n) is 5.15. The van der Waals surface area contributed by atoms with E-state index in [2.05, 4.69) is 10.3 Å². The van der Waals surface area contributed by atoms with Gasteiger partial charge in [0.1, 0.15) is 11.6 Å². The molecule has 0 fully saturated rings. The van der Waals surface area contributed by atoms with E-state index in [0.29, 0.717) is 11.4 Å². The van der Waals surface area contributed by atoms with Crippen molar-refractivity contribution >= 4 is 28.7 Å². The largest absolute Gasteiger partial charge is 0.508 e. The number of carbonyl (C=O) groups excluding carboxylic acids is 1. The molecule has 24 heavy (non-hydrogen) atoms. The highest BCUT2D eigenvalue weighted by Gasteiger charge is 2.11. The Balaban J connectivity index is 1.83. The zero-order chi connectivity index (χ0) is 16.9. The van der Waals surface area contributed by atoms with Crippen LogP contribution < -0.4 is 5.32 Å². The van der Waals surface area contributed by atoms with Crippen LogP contribution in [-0.2, 0) is 9.53 Å². The Kier molecular flexibility index (Phi) is 4.43. The number of anilines is 1. The van der Waals surface area contributed by atoms with Gasteiger partial charge in [-0.2, -0.15) is 0 Å². The summed E-state index contributed by atoms with van der Waals surface area (Å²) in [7, 11) is 1.42. The van der Waals surface area contributed by atoms with Crippen LogP contribution >= 0.6 is 0 Å². The van der Waals surface area contributed by atoms with Gasteiger partial charge in [-0.05, 0) is 42.0 Å². The van der Waals surface area contributed by atoms with Gasteiger partial charge >= 0.3 is 0 Å². The molecule has 0 aliphatic carbocycles. The molecule has 2 aromatic carbocycles. The van der Waals surface area contributed by atoms with Crippen LogP contribution in [0.15, 0.2) is 66.4 Å². The highest BCUT2D eigenvalue weighted by atomic mass is 16.5. The van der Waals surface area contributed by atoms with Gasteiger partial charge in [0.15, 0.2) is 5.76 Å². The standard InChI is InChI=1S/C19H16N2O3/c1-24-17(12-13-5-4-7-15(22)11-13)19(23)21-18-10-9-14-6-2-3-8-16(14)20-18/h2-12,22H,1H3,(H,20,21,23). The van der Waals surface area contributed by atoms with E-state index in [1.807, 2.05) is 30.3 Å². The van der Waals surface area contributed by atoms with E-state index in [-0.39, 0.29) is 11.5 Å². The molecule has 1 heterocycles. The molecule has 5 heteroatoms. The van der Waals surface area contributed by atoms with E-state index >= 15 is 0 Å². The number of para-hydroxylation sites is 1. The van der Waals surface area contributed by atoms with Gasteiger partial charge in [0.05, 0.1) is 12.6 Å². The van der Waals surface area contributed by atoms with Gasteiger partial charge in [-0.3, -0.25) is 4.79 Å². The number of methoxy groups -OCH3 is 1. The Bertz CT molecular complexity index is 919. The summed E-state index contributed by atoms with van der Waals surface area (Å²) in [6.07, 6.45) is 1.55. The highest BCUT2D eigenvalue weighted by Crippen LogP contribution is 2.17. The predicted molar refractivity (Wildman–Crippen MR) is 93.5 cm³/mol. The van der Waals surface area contributed by atoms with Crippen LogP contribution in [0.25, 0.3) is 17.0 Å². The van der Waals surface area contributed by atoms with Crippen molar-refractivity contribution in [3.05, 3.63) is 72.0 Å². The lowest BCUT2D eigenvalue weighted by molar-refractivity contribution is -0.115. The summed E-state index contributed by atoms with van der Waals surface area (Å²) in [5.41, 5.74) is 1.46. The number of hydrogen-bond donors (Lipinski definition) is 2. The third kappa shape index (κ3) is 3.52. The summed E-state index contributed by atoms with van der Waals surface area (Å²) >= 11 is 0. The summed E-state index contributed by atoms with van der Waals surface area (Å²) in [5.74, 6) is 0.271. The molecule has 3 rings (SSSR count). The fourth-order valence-electron chi connectivity index (χ4n) is 2.30. The van der Waals surface area contributed by atoms with Crippen molar-refractivity contribution in [1.29, 1.82) is 0 Å². The first-order chi connectivity index (χ1) is 11.7. The van der Waals surface area contributed by atoms with Gasteiger partial charge in [0.2, 0.25) is 0 Å². The van der Waals surface area contributed by atoms with Crippen molar-refractivity contribution in [1.82, 2.24) is 4.98 Å². The molecule has 1 aromatic heterocycles. The number of amides is 1. The number of pyridine rings is 1. The Labute approximate surface area is 139 Å². The number of hydrogen-bond acceptors (Lipinski definition) is 4. The van der Waals surface area contributed by atoms with Crippen LogP contribution in [0.1, 0.15) is 5.56 Å². The van der Waals surface area contributed by atoms with E-state index in [1.165, 1.54) is 7.11 Å². The molecule has 1 amide bonds. The molecule has 3 aromatic rings. The second-order valence-corrected chi connectivity index (χ2v) is 5.15. The molecule has 120 valence electrons. The number of benzene rings is 2. The SMILES string of the molecule is COC(=Cc1cccc(O)c1)C(=O)Nc1ccc2ccccc2n1. The topological polar surface area (TPSA) is 71.5 Å². The maximum atomic E-state index is 12.4. The number of phenolic OH excluding ortho intramolecular Hbond substituents is 1. The molecule has 0 saturated heterocycles. The summed E-state index contributed by atoms with van der Waals surface area (Å²) in [5, 5.41) is 13.2. The molecular weight excluding hydrogens is 304 g/mol. The van der Waals surface area contributed by atoms with Crippen LogP contribution in [0.4, 0.5) is 5.82 Å². The third-order valence-corrected chi connectivity index (χ3v) is 3.45. The fraction of sp³-hybridized carbons (Fsp3) is 0.0526. The maximum Gasteiger partial charge on any atom is 0.291 e. The van der Waals surface area contributed by atoms with Crippen molar-refractivity contribution in [3.63, 3.8) is 0 Å². The van der Waals surface area contributed by atoms with E-state index < -0.39 is 5.91 Å². The lowest BCUT2D eigenvalue weighted by atomic mass is 10.2. The van der Waals surface area contributed by atoms with Crippen molar-refractivity contribution in [2.75, 3.05) is 12.4 Å². The van der Waals surface area contributed by atoms with Gasteiger partial charge in [0, 0.05) is 5.39 Å². The number of phenols is 1. The molecule has 0 saturated carbocycles. The third-order valence-electron chi connectivity index (χ3n) is 3.45. The van der Waals surface area contributed by atoms with Crippen molar-refractivity contribution in [2.45, 2.75) is 0 Å². The van der Waals surface area contributed by atoms with Crippen LogP contribution in [0.5, 0.6) is 5.75 Å². The minimum atomic E-state index is -0.413. The number of nitrogens with one attached hydrogen (secondary N) is 1. The zero-order valence-electron chi connectivity index (χ0n) is 13.1. The molecule has 0 radical (unpaired) electrons. The van der Waals surface area contributed by atoms with Gasteiger partial charge in [0.25, 0.3) is 5.91 Å². The Morgan fingerprint density at radius 3 is 2.75 bits per heavy atom. The molecule has 0 spiro atoms. The quantitative estimate of drug-likeness (QED) is 0.569. The Hall–Kier alpha value is -3.34. The first-order valence-corrected chi connectivity index (χ1v) is 7.37. The van der Waals surface area contributed by atoms with Crippen molar-refractivity contribution in [3.8, 4) is 5.75 Å². The summed E-state index contributed by atoms with van der Waals surface area (Å²) < 4.78 is 5.16. The smallest absolute Gasteiger partial charge is 0.291 e. The van der Waals surface area contributed by atoms with E-state index in [9.17, 15) is 9.90 Å². The van der Waals surface area contributed by atoms with Gasteiger partial charge in [-0.25, -0.2) is 4.98 Å². The number of aromatic nitrogens is 1. The first-order valence-electron chi connectivity index (χ1n) is 7.37. The van der Waals surface area contributed by atoms with Gasteiger partial charge < -0.3 is 15.2 Å². The normalized spacial score (nSPS) is 11.3. The number of nitrogens with zero attached hydrogens (tertiary/aromatic N) is 1. The highest BCUT2D eigenvalue weighted by molar-refractivity contribution is 6.05. The molecule has 0 aliphatic heterocycles. The fourth-order valence-corrected chi connectivity index (χ4v) is 2.30. The molecular formula is C19H16N2O3. The van der Waals surface area contributed by atoms with E-state index in [1.54, 1.807) is 36.4 Å². The van der Waals surface area contributed by atoms with Crippen LogP contribution in [-0.4, -0.2) is 23.1 Å². The number of fused-ring (bicyclic) bond motifs is 1. The van der Waals surface area contributed by atoms with Gasteiger partial charge in [-0.15, -0.1) is 0 Å². The average Bonchev–Trinajstić information content (AvgIpc) is 2.59. The zero-order valence-corrected chi connectivity index (χ0v) is 13.1. The van der Waals surface area contributed by atoms with E-state index in [4.69, 9.17) is 4.74 Å². The summed E-state index contributed by atoms with van der Waals surface area (Å²) in [4.78, 5) is 16.8. The second kappa shape index (κ2) is 6.83. The Morgan fingerprint density at radius 1 is 1.12 bits per heavy atom. The minimum absolute atomic E-state index is 0.121. The Morgan fingerprint density at radius 2 is 1.96 bits per heavy atom. The minimum Gasteiger partial charge on any atom is -0.508 e. The maximum absolute atomic E-state index is 12.4. The average molecular weight is 320 g/mol. The predicted octanol–water partition coefficient (Wildman–Crippen LogP) is 3.57. The number of rotatable bonds is 4. The number of carbonyl (C=O) groups is 1. The van der Waals surface area contributed by atoms with E-state index in [0.717, 1.165) is 10.9 Å². The van der Waals surface area contributed by atoms with Crippen LogP contribution in [0.3, 0.4) is 0 Å². The summed E-state index contributed by atoms with van der Waals surface area (Å²) in [6, 6.07) is 17.8. The lowest BCUT2D eigenvalue weighted by Crippen LogP contribution is -2.16. The number of ether oxygens (including phenoxy) is 1. The lowest BCUT2D eigenvalue weighted by Gasteiger charge is -2.08. The summed E-state index contributed by atoms with van der Waals surface area (Å²) in [6.45, 7) is 0. The molecule has 0 unspecified atom stereocenters. The first kappa shape index (κ1) is 15.6. The van der Waals surface area contributed by atoms with Crippen molar-refractivity contribution < 1.29 is 14.6 Å². The molecule has 5 nitrogen and oxygen atoms in total. The van der Waals surface area contributed by atoms with Crippen molar-refractivity contribution in [2.24, 2.45) is 0 Å². The van der Waals surface area contributed by atoms with Crippen LogP contribution in [0.2, 0.25) is 0 Å². The van der Waals surface area contributed by atoms with Gasteiger partial charge in [-0.1, -0.05) is 30.3 Å².